The van der Waals surface area contributed by atoms with Crippen LogP contribution >= 0.6 is 0 Å². The van der Waals surface area contributed by atoms with E-state index in [4.69, 9.17) is 0 Å². The summed E-state index contributed by atoms with van der Waals surface area (Å²) in [6.45, 7) is 3.07. The molecule has 3 heterocycles. The number of hydrogen-bond donors (Lipinski definition) is 0. The van der Waals surface area contributed by atoms with Crippen molar-refractivity contribution in [2.75, 3.05) is 6.54 Å². The monoisotopic (exact) mass is 321 g/mol. The molecule has 2 atom stereocenters. The molecule has 1 aliphatic rings. The second-order valence-corrected chi connectivity index (χ2v) is 6.07. The van der Waals surface area contributed by atoms with Crippen molar-refractivity contribution in [1.82, 2.24) is 14.9 Å². The van der Waals surface area contributed by atoms with Gasteiger partial charge in [0.1, 0.15) is 0 Å². The minimum atomic E-state index is -4.38. The van der Waals surface area contributed by atoms with Crippen LogP contribution in [-0.2, 0) is 12.7 Å². The normalized spacial score (nSPS) is 22.4. The number of pyridine rings is 2. The summed E-state index contributed by atoms with van der Waals surface area (Å²) >= 11 is 0. The van der Waals surface area contributed by atoms with Crippen LogP contribution in [0.3, 0.4) is 0 Å². The van der Waals surface area contributed by atoms with Gasteiger partial charge in [0.2, 0.25) is 0 Å². The number of hydrogen-bond acceptors (Lipinski definition) is 3. The average molecular weight is 321 g/mol. The van der Waals surface area contributed by atoms with Crippen molar-refractivity contribution >= 4 is 0 Å². The van der Waals surface area contributed by atoms with Crippen LogP contribution in [0.1, 0.15) is 36.2 Å². The molecule has 122 valence electrons. The molecule has 6 heteroatoms. The molecule has 0 radical (unpaired) electrons. The van der Waals surface area contributed by atoms with Gasteiger partial charge >= 0.3 is 6.18 Å². The summed E-state index contributed by atoms with van der Waals surface area (Å²) in [5, 5.41) is 0. The second kappa shape index (κ2) is 6.28. The zero-order chi connectivity index (χ0) is 16.4. The molecule has 0 aliphatic carbocycles. The zero-order valence-corrected chi connectivity index (χ0v) is 12.8. The van der Waals surface area contributed by atoms with Crippen LogP contribution in [-0.4, -0.2) is 21.4 Å². The molecule has 2 aromatic rings. The van der Waals surface area contributed by atoms with Crippen molar-refractivity contribution in [3.8, 4) is 0 Å². The molecule has 0 saturated carbocycles. The van der Waals surface area contributed by atoms with Gasteiger partial charge in [0.15, 0.2) is 0 Å². The van der Waals surface area contributed by atoms with Gasteiger partial charge in [-0.25, -0.2) is 0 Å². The van der Waals surface area contributed by atoms with Crippen molar-refractivity contribution in [1.29, 1.82) is 0 Å². The molecule has 1 aliphatic heterocycles. The largest absolute Gasteiger partial charge is 0.418 e. The van der Waals surface area contributed by atoms with E-state index in [9.17, 15) is 13.2 Å². The first kappa shape index (κ1) is 15.9. The Balaban J connectivity index is 1.87. The van der Waals surface area contributed by atoms with Crippen molar-refractivity contribution in [2.24, 2.45) is 5.92 Å². The SMILES string of the molecule is C[C@H]1C[C@H](c2cccnc2)N(Cc2ncccc2C(F)(F)F)C1. The van der Waals surface area contributed by atoms with E-state index in [0.29, 0.717) is 5.92 Å². The molecule has 3 rings (SSSR count). The van der Waals surface area contributed by atoms with Gasteiger partial charge in [-0.2, -0.15) is 13.2 Å². The Hall–Kier alpha value is -1.95. The number of halogens is 3. The van der Waals surface area contributed by atoms with Gasteiger partial charge in [-0.1, -0.05) is 13.0 Å². The van der Waals surface area contributed by atoms with Gasteiger partial charge in [0, 0.05) is 37.7 Å². The molecule has 3 nitrogen and oxygen atoms in total. The summed E-state index contributed by atoms with van der Waals surface area (Å²) < 4.78 is 39.5. The summed E-state index contributed by atoms with van der Waals surface area (Å²) in [6, 6.07) is 6.35. The number of aromatic nitrogens is 2. The van der Waals surface area contributed by atoms with E-state index < -0.39 is 11.7 Å². The lowest BCUT2D eigenvalue weighted by molar-refractivity contribution is -0.138. The van der Waals surface area contributed by atoms with Crippen LogP contribution in [0.15, 0.2) is 42.9 Å². The van der Waals surface area contributed by atoms with E-state index in [0.717, 1.165) is 24.6 Å². The smallest absolute Gasteiger partial charge is 0.290 e. The van der Waals surface area contributed by atoms with Crippen LogP contribution < -0.4 is 0 Å². The van der Waals surface area contributed by atoms with E-state index >= 15 is 0 Å². The van der Waals surface area contributed by atoms with Crippen molar-refractivity contribution in [3.63, 3.8) is 0 Å². The second-order valence-electron chi connectivity index (χ2n) is 6.07. The number of alkyl halides is 3. The van der Waals surface area contributed by atoms with Gasteiger partial charge in [-0.05, 0) is 36.1 Å². The summed E-state index contributed by atoms with van der Waals surface area (Å²) in [6.07, 6.45) is 1.45. The molecule has 23 heavy (non-hydrogen) atoms. The average Bonchev–Trinajstić information content (AvgIpc) is 2.88. The van der Waals surface area contributed by atoms with Gasteiger partial charge in [0.25, 0.3) is 0 Å². The fourth-order valence-electron chi connectivity index (χ4n) is 3.24. The van der Waals surface area contributed by atoms with Gasteiger partial charge in [-0.15, -0.1) is 0 Å². The number of nitrogens with zero attached hydrogens (tertiary/aromatic N) is 3. The molecule has 0 unspecified atom stereocenters. The quantitative estimate of drug-likeness (QED) is 0.853. The lowest BCUT2D eigenvalue weighted by Gasteiger charge is -2.25. The molecule has 1 saturated heterocycles. The molecule has 0 aromatic carbocycles. The highest BCUT2D eigenvalue weighted by atomic mass is 19.4. The van der Waals surface area contributed by atoms with E-state index in [1.807, 2.05) is 12.1 Å². The Kier molecular flexibility index (Phi) is 4.35. The number of likely N-dealkylation sites (tertiary alicyclic amines) is 1. The minimum Gasteiger partial charge on any atom is -0.290 e. The van der Waals surface area contributed by atoms with E-state index in [-0.39, 0.29) is 18.3 Å². The molecule has 0 spiro atoms. The Morgan fingerprint density at radius 1 is 1.22 bits per heavy atom. The first-order valence-electron chi connectivity index (χ1n) is 7.60. The molecule has 0 amide bonds. The molecule has 0 N–H and O–H groups in total. The third kappa shape index (κ3) is 3.52. The maximum atomic E-state index is 13.2. The van der Waals surface area contributed by atoms with E-state index in [1.165, 1.54) is 12.3 Å². The highest BCUT2D eigenvalue weighted by Gasteiger charge is 2.36. The van der Waals surface area contributed by atoms with Crippen molar-refractivity contribution < 1.29 is 13.2 Å². The standard InChI is InChI=1S/C17H18F3N3/c1-12-8-16(13-4-2-6-21-9-13)23(10-12)11-15-14(17(18,19)20)5-3-7-22-15/h2-7,9,12,16H,8,10-11H2,1H3/t12-,16+/m0/s1. The van der Waals surface area contributed by atoms with Crippen LogP contribution in [0, 0.1) is 5.92 Å². The predicted molar refractivity (Wildman–Crippen MR) is 80.4 cm³/mol. The van der Waals surface area contributed by atoms with E-state index in [2.05, 4.69) is 21.8 Å². The van der Waals surface area contributed by atoms with Crippen molar-refractivity contribution in [2.45, 2.75) is 32.1 Å². The summed E-state index contributed by atoms with van der Waals surface area (Å²) in [5.41, 5.74) is 0.480. The first-order chi connectivity index (χ1) is 10.9. The summed E-state index contributed by atoms with van der Waals surface area (Å²) in [4.78, 5) is 10.2. The maximum Gasteiger partial charge on any atom is 0.418 e. The topological polar surface area (TPSA) is 29.0 Å². The molecule has 0 bridgehead atoms. The van der Waals surface area contributed by atoms with Gasteiger partial charge in [-0.3, -0.25) is 14.9 Å². The van der Waals surface area contributed by atoms with Crippen LogP contribution in [0.2, 0.25) is 0 Å². The fraction of sp³-hybridized carbons (Fsp3) is 0.412. The van der Waals surface area contributed by atoms with Crippen LogP contribution in [0.5, 0.6) is 0 Å². The third-order valence-corrected chi connectivity index (χ3v) is 4.23. The number of rotatable bonds is 3. The lowest BCUT2D eigenvalue weighted by atomic mass is 10.0. The summed E-state index contributed by atoms with van der Waals surface area (Å²) in [5.74, 6) is 0.429. The van der Waals surface area contributed by atoms with Crippen LogP contribution in [0.25, 0.3) is 0 Å². The Bertz CT molecular complexity index is 658. The van der Waals surface area contributed by atoms with Crippen LogP contribution in [0.4, 0.5) is 13.2 Å². The summed E-state index contributed by atoms with van der Waals surface area (Å²) in [7, 11) is 0. The van der Waals surface area contributed by atoms with Gasteiger partial charge in [0.05, 0.1) is 11.3 Å². The highest BCUT2D eigenvalue weighted by Crippen LogP contribution is 2.38. The zero-order valence-electron chi connectivity index (χ0n) is 12.8. The Morgan fingerprint density at radius 2 is 2.00 bits per heavy atom. The Morgan fingerprint density at radius 3 is 2.70 bits per heavy atom. The molecular weight excluding hydrogens is 303 g/mol. The third-order valence-electron chi connectivity index (χ3n) is 4.23. The lowest BCUT2D eigenvalue weighted by Crippen LogP contribution is -2.26. The molecule has 2 aromatic heterocycles. The molecular formula is C17H18F3N3. The maximum absolute atomic E-state index is 13.2. The molecule has 1 fully saturated rings. The van der Waals surface area contributed by atoms with Crippen molar-refractivity contribution in [3.05, 3.63) is 59.7 Å². The first-order valence-corrected chi connectivity index (χ1v) is 7.60. The Labute approximate surface area is 133 Å². The predicted octanol–water partition coefficient (Wildman–Crippen LogP) is 4.08. The minimum absolute atomic E-state index is 0.0850. The van der Waals surface area contributed by atoms with Gasteiger partial charge < -0.3 is 0 Å². The highest BCUT2D eigenvalue weighted by molar-refractivity contribution is 5.24. The fourth-order valence-corrected chi connectivity index (χ4v) is 3.24. The van der Waals surface area contributed by atoms with E-state index in [1.54, 1.807) is 12.4 Å².